The first-order valence-corrected chi connectivity index (χ1v) is 3.73. The molecule has 11 heavy (non-hydrogen) atoms. The van der Waals surface area contributed by atoms with Gasteiger partial charge in [0.2, 0.25) is 5.91 Å². The van der Waals surface area contributed by atoms with E-state index in [1.807, 2.05) is 20.2 Å². The third kappa shape index (κ3) is 9.17. The zero-order valence-electron chi connectivity index (χ0n) is 7.21. The highest BCUT2D eigenvalue weighted by Crippen LogP contribution is 1.91. The summed E-state index contributed by atoms with van der Waals surface area (Å²) in [5, 5.41) is 0. The van der Waals surface area contributed by atoms with Crippen molar-refractivity contribution in [3.8, 4) is 0 Å². The third-order valence-corrected chi connectivity index (χ3v) is 1.26. The lowest BCUT2D eigenvalue weighted by Gasteiger charge is -2.06. The molecule has 0 radical (unpaired) electrons. The molecule has 0 rings (SSSR count). The van der Waals surface area contributed by atoms with Gasteiger partial charge in [0.05, 0.1) is 0 Å². The average Bonchev–Trinajstić information content (AvgIpc) is 1.85. The van der Waals surface area contributed by atoms with Gasteiger partial charge in [-0.05, 0) is 39.6 Å². The lowest BCUT2D eigenvalue weighted by molar-refractivity contribution is -0.113. The first-order valence-electron chi connectivity index (χ1n) is 3.73. The van der Waals surface area contributed by atoms with E-state index in [-0.39, 0.29) is 5.91 Å². The smallest absolute Gasteiger partial charge is 0.241 e. The zero-order chi connectivity index (χ0) is 8.69. The number of carbonyl (C=O) groups excluding carboxylic acids is 1. The number of carbonyl (C=O) groups is 1. The largest absolute Gasteiger partial charge is 0.366 e. The number of hydrogen-bond acceptors (Lipinski definition) is 2. The van der Waals surface area contributed by atoms with Crippen molar-refractivity contribution in [3.05, 3.63) is 12.2 Å². The van der Waals surface area contributed by atoms with E-state index in [4.69, 9.17) is 5.73 Å². The molecule has 0 saturated carbocycles. The van der Waals surface area contributed by atoms with Crippen LogP contribution in [0.5, 0.6) is 0 Å². The van der Waals surface area contributed by atoms with Crippen molar-refractivity contribution >= 4 is 5.91 Å². The van der Waals surface area contributed by atoms with Crippen LogP contribution in [-0.4, -0.2) is 31.4 Å². The number of amides is 1. The summed E-state index contributed by atoms with van der Waals surface area (Å²) in [6.45, 7) is 1.04. The van der Waals surface area contributed by atoms with E-state index in [9.17, 15) is 4.79 Å². The Labute approximate surface area is 67.9 Å². The Morgan fingerprint density at radius 1 is 1.55 bits per heavy atom. The molecule has 0 aliphatic rings. The van der Waals surface area contributed by atoms with Crippen LogP contribution in [0.1, 0.15) is 12.8 Å². The Morgan fingerprint density at radius 3 is 2.64 bits per heavy atom. The molecule has 0 atom stereocenters. The van der Waals surface area contributed by atoms with Crippen LogP contribution < -0.4 is 5.73 Å². The first-order chi connectivity index (χ1) is 5.13. The summed E-state index contributed by atoms with van der Waals surface area (Å²) in [4.78, 5) is 12.3. The maximum Gasteiger partial charge on any atom is 0.241 e. The van der Waals surface area contributed by atoms with Gasteiger partial charge in [0.1, 0.15) is 0 Å². The van der Waals surface area contributed by atoms with Gasteiger partial charge in [-0.1, -0.05) is 6.08 Å². The molecule has 0 heterocycles. The van der Waals surface area contributed by atoms with Gasteiger partial charge in [0.15, 0.2) is 0 Å². The van der Waals surface area contributed by atoms with E-state index in [0.29, 0.717) is 0 Å². The van der Waals surface area contributed by atoms with Gasteiger partial charge in [-0.15, -0.1) is 0 Å². The first kappa shape index (κ1) is 10.2. The number of nitrogens with two attached hydrogens (primary N) is 1. The van der Waals surface area contributed by atoms with Gasteiger partial charge in [-0.25, -0.2) is 0 Å². The van der Waals surface area contributed by atoms with Crippen LogP contribution in [0.4, 0.5) is 0 Å². The molecule has 0 unspecified atom stereocenters. The van der Waals surface area contributed by atoms with Gasteiger partial charge in [0.25, 0.3) is 0 Å². The van der Waals surface area contributed by atoms with Crippen molar-refractivity contribution in [1.29, 1.82) is 0 Å². The van der Waals surface area contributed by atoms with Crippen molar-refractivity contribution in [2.45, 2.75) is 12.8 Å². The molecule has 0 aliphatic heterocycles. The maximum absolute atomic E-state index is 10.2. The molecular weight excluding hydrogens is 140 g/mol. The summed E-state index contributed by atoms with van der Waals surface area (Å²) in [5.41, 5.74) is 4.90. The monoisotopic (exact) mass is 156 g/mol. The molecule has 0 aromatic heterocycles. The Bertz CT molecular complexity index is 141. The number of unbranched alkanes of at least 4 members (excludes halogenated alkanes) is 1. The van der Waals surface area contributed by atoms with Gasteiger partial charge < -0.3 is 10.6 Å². The van der Waals surface area contributed by atoms with E-state index in [0.717, 1.165) is 19.4 Å². The normalized spacial score (nSPS) is 11.2. The van der Waals surface area contributed by atoms with Crippen molar-refractivity contribution in [2.75, 3.05) is 20.6 Å². The second-order valence-corrected chi connectivity index (χ2v) is 2.75. The van der Waals surface area contributed by atoms with Crippen LogP contribution in [0.25, 0.3) is 0 Å². The molecule has 1 amide bonds. The van der Waals surface area contributed by atoms with E-state index >= 15 is 0 Å². The predicted octanol–water partition coefficient (Wildman–Crippen LogP) is 0.370. The standard InChI is InChI=1S/C8H16N2O/c1-10(2)7-5-3-4-6-8(9)11/h4,6H,3,5,7H2,1-2H3,(H2,9,11)/b6-4+. The predicted molar refractivity (Wildman–Crippen MR) is 46.1 cm³/mol. The van der Waals surface area contributed by atoms with Crippen molar-refractivity contribution in [2.24, 2.45) is 5.73 Å². The summed E-state index contributed by atoms with van der Waals surface area (Å²) < 4.78 is 0. The number of primary amides is 1. The van der Waals surface area contributed by atoms with Gasteiger partial charge in [-0.2, -0.15) is 0 Å². The lowest BCUT2D eigenvalue weighted by atomic mass is 10.3. The molecule has 0 aromatic rings. The molecule has 3 nitrogen and oxygen atoms in total. The van der Waals surface area contributed by atoms with Gasteiger partial charge >= 0.3 is 0 Å². The molecule has 0 bridgehead atoms. The third-order valence-electron chi connectivity index (χ3n) is 1.26. The Hall–Kier alpha value is -0.830. The molecule has 2 N–H and O–H groups in total. The molecular formula is C8H16N2O. The highest BCUT2D eigenvalue weighted by molar-refractivity contribution is 5.85. The topological polar surface area (TPSA) is 46.3 Å². The summed E-state index contributed by atoms with van der Waals surface area (Å²) >= 11 is 0. The lowest BCUT2D eigenvalue weighted by Crippen LogP contribution is -2.12. The number of hydrogen-bond donors (Lipinski definition) is 1. The fourth-order valence-electron chi connectivity index (χ4n) is 0.725. The molecule has 0 saturated heterocycles. The number of rotatable bonds is 5. The summed E-state index contributed by atoms with van der Waals surface area (Å²) in [6, 6.07) is 0. The minimum atomic E-state index is -0.366. The molecule has 0 spiro atoms. The van der Waals surface area contributed by atoms with Crippen LogP contribution in [0.2, 0.25) is 0 Å². The maximum atomic E-state index is 10.2. The molecule has 0 aliphatic carbocycles. The summed E-state index contributed by atoms with van der Waals surface area (Å²) in [7, 11) is 4.05. The van der Waals surface area contributed by atoms with Gasteiger partial charge in [0, 0.05) is 0 Å². The zero-order valence-corrected chi connectivity index (χ0v) is 7.21. The Balaban J connectivity index is 3.21. The van der Waals surface area contributed by atoms with E-state index in [1.54, 1.807) is 0 Å². The molecule has 64 valence electrons. The van der Waals surface area contributed by atoms with Crippen LogP contribution in [-0.2, 0) is 4.79 Å². The number of nitrogens with zero attached hydrogens (tertiary/aromatic N) is 1. The molecule has 0 aromatic carbocycles. The quantitative estimate of drug-likeness (QED) is 0.462. The fourth-order valence-corrected chi connectivity index (χ4v) is 0.725. The number of allylic oxidation sites excluding steroid dienone is 1. The molecule has 0 fully saturated rings. The second kappa shape index (κ2) is 5.92. The van der Waals surface area contributed by atoms with Crippen LogP contribution in [0.15, 0.2) is 12.2 Å². The SMILES string of the molecule is CN(C)CCC/C=C/C(N)=O. The molecule has 3 heteroatoms. The van der Waals surface area contributed by atoms with Crippen LogP contribution in [0.3, 0.4) is 0 Å². The second-order valence-electron chi connectivity index (χ2n) is 2.75. The minimum Gasteiger partial charge on any atom is -0.366 e. The highest BCUT2D eigenvalue weighted by Gasteiger charge is 1.87. The van der Waals surface area contributed by atoms with E-state index in [2.05, 4.69) is 4.90 Å². The summed E-state index contributed by atoms with van der Waals surface area (Å²) in [5.74, 6) is -0.366. The van der Waals surface area contributed by atoms with Crippen molar-refractivity contribution < 1.29 is 4.79 Å². The van der Waals surface area contributed by atoms with Crippen LogP contribution in [0, 0.1) is 0 Å². The van der Waals surface area contributed by atoms with Gasteiger partial charge in [-0.3, -0.25) is 4.79 Å². The Morgan fingerprint density at radius 2 is 2.18 bits per heavy atom. The van der Waals surface area contributed by atoms with Crippen molar-refractivity contribution in [3.63, 3.8) is 0 Å². The minimum absolute atomic E-state index is 0.366. The van der Waals surface area contributed by atoms with E-state index < -0.39 is 0 Å². The van der Waals surface area contributed by atoms with Crippen molar-refractivity contribution in [1.82, 2.24) is 4.90 Å². The van der Waals surface area contributed by atoms with Crippen LogP contribution >= 0.6 is 0 Å². The average molecular weight is 156 g/mol. The Kier molecular flexibility index (Phi) is 5.47. The highest BCUT2D eigenvalue weighted by atomic mass is 16.1. The summed E-state index contributed by atoms with van der Waals surface area (Å²) in [6.07, 6.45) is 5.21. The fraction of sp³-hybridized carbons (Fsp3) is 0.625. The van der Waals surface area contributed by atoms with E-state index in [1.165, 1.54) is 6.08 Å².